The third-order valence-electron chi connectivity index (χ3n) is 19.2. The van der Waals surface area contributed by atoms with Crippen LogP contribution in [0.3, 0.4) is 0 Å². The van der Waals surface area contributed by atoms with E-state index in [1.807, 2.05) is 95.2 Å². The molecule has 0 saturated carbocycles. The van der Waals surface area contributed by atoms with Crippen molar-refractivity contribution in [1.29, 1.82) is 0 Å². The number of rotatable bonds is 14. The molecular weight excluding hydrogens is 1410 g/mol. The van der Waals surface area contributed by atoms with Gasteiger partial charge < -0.3 is 68.1 Å². The molecule has 110 heavy (non-hydrogen) atoms. The summed E-state index contributed by atoms with van der Waals surface area (Å²) in [5, 5.41) is 13.0. The summed E-state index contributed by atoms with van der Waals surface area (Å²) in [7, 11) is 1.75. The number of H-pyrrole nitrogens is 7. The summed E-state index contributed by atoms with van der Waals surface area (Å²) < 4.78 is 21.1. The maximum atomic E-state index is 13.9. The predicted molar refractivity (Wildman–Crippen MR) is 422 cm³/mol. The number of nitrogens with zero attached hydrogens (tertiary/aromatic N) is 15. The van der Waals surface area contributed by atoms with Gasteiger partial charge in [0.15, 0.2) is 44.7 Å². The minimum Gasteiger partial charge on any atom is -0.391 e. The van der Waals surface area contributed by atoms with Gasteiger partial charge in [0.05, 0.1) is 50.2 Å². The Hall–Kier alpha value is -13.5. The average Bonchev–Trinajstić information content (AvgIpc) is 1.64. The lowest BCUT2D eigenvalue weighted by molar-refractivity contribution is 0.139. The van der Waals surface area contributed by atoms with Gasteiger partial charge in [-0.2, -0.15) is 19.9 Å². The number of aliphatic hydroxyl groups excluding tert-OH is 1. The van der Waals surface area contributed by atoms with Crippen LogP contribution in [0.4, 0.5) is 45.8 Å². The molecular formula is C73H88FN29O7. The van der Waals surface area contributed by atoms with E-state index in [4.69, 9.17) is 34.4 Å². The first-order valence-corrected chi connectivity index (χ1v) is 35.3. The van der Waals surface area contributed by atoms with Crippen LogP contribution in [0.15, 0.2) is 139 Å². The van der Waals surface area contributed by atoms with E-state index in [9.17, 15) is 38.3 Å². The molecule has 1 saturated heterocycles. The number of nitrogen functional groups attached to an aromatic ring is 6. The van der Waals surface area contributed by atoms with Crippen molar-refractivity contribution in [2.75, 3.05) is 59.4 Å². The number of nitrogens with one attached hydrogen (secondary N) is 8. The van der Waals surface area contributed by atoms with Crippen molar-refractivity contribution >= 4 is 103 Å². The molecule has 14 aromatic rings. The number of allylic oxidation sites excluding steroid dienone is 1. The van der Waals surface area contributed by atoms with Gasteiger partial charge >= 0.3 is 0 Å². The standard InChI is InChI=1S/C15H15N5O.C14H15FN4O.C13H19N5O2.C13H13N5O.C12H19N5O.C6H7N5O/c1-2-5-10-6-3-4-7-11(10)8-20-9-17-12-13(20)18-15(16)19-14(12)21;1-7(8-4-2-3-5-10(8)15)9-6-17-12-11(9)18-14(16)19-13(12)20;1-2-7-4-18(6-9(7)19)5-8-3-15-11-10(8)16-13(14)17-12(11)20;1-8-4-2-3-5-9(8)6-18-7-15-10-11(18)16-13(14)17-12(10)19;1-4-12(2,3)5-6-17-7-14-8-9(17)15-11(13)16-10(8)18;1-11-2-8-3-4(11)9-6(7)10-5(3)12/h2-7,9H,8H2,1H3,(H3,16,18,19,21);2-5,7,9,17H,6H2,1H3,(H3,16,18,19,20);3,7,9,15,19H,2,4-6H2,1H3,(H3,14,16,17,20);2-5,7H,6H2,1H3,(H3,14,16,17,19);7H,4-6H2,1-3H3,(H3,13,15,16,18);2H,1H3,(H3,7,9,10,12)/b5-2+;;;;;/t;7-,9?;;;;/m.0..../s1. The number of benzene rings is 3. The zero-order valence-corrected chi connectivity index (χ0v) is 61.8. The molecule has 13 heterocycles. The molecule has 3 aromatic carbocycles. The Kier molecular flexibility index (Phi) is 23.7. The Morgan fingerprint density at radius 2 is 1.07 bits per heavy atom. The minimum absolute atomic E-state index is 0.0773. The van der Waals surface area contributed by atoms with Crippen molar-refractivity contribution in [3.63, 3.8) is 0 Å². The smallest absolute Gasteiger partial charge is 0.280 e. The highest BCUT2D eigenvalue weighted by Gasteiger charge is 2.34. The van der Waals surface area contributed by atoms with E-state index in [0.717, 1.165) is 54.6 Å². The molecule has 1 fully saturated rings. The molecule has 0 spiro atoms. The molecule has 16 rings (SSSR count). The van der Waals surface area contributed by atoms with Crippen LogP contribution < -0.4 is 73.1 Å². The molecule has 0 bridgehead atoms. The Labute approximate surface area is 624 Å². The van der Waals surface area contributed by atoms with E-state index in [1.54, 1.807) is 55.0 Å². The average molecular weight is 1500 g/mol. The highest BCUT2D eigenvalue weighted by Crippen LogP contribution is 2.39. The number of aromatic nitrogens is 21. The number of nitrogens with two attached hydrogens (primary N) is 6. The topological polar surface area (TPSA) is 553 Å². The maximum Gasteiger partial charge on any atom is 0.280 e. The number of aliphatic hydroxyl groups is 1. The van der Waals surface area contributed by atoms with Crippen molar-refractivity contribution in [2.24, 2.45) is 18.4 Å². The van der Waals surface area contributed by atoms with E-state index in [1.165, 1.54) is 18.0 Å². The monoisotopic (exact) mass is 1500 g/mol. The van der Waals surface area contributed by atoms with Crippen LogP contribution in [-0.4, -0.2) is 139 Å². The van der Waals surface area contributed by atoms with Crippen molar-refractivity contribution in [2.45, 2.75) is 112 Å². The number of β-amino-alcohol motifs (C(OH)–C–C–N with tert-alkyl or cyclic N) is 1. The van der Waals surface area contributed by atoms with Gasteiger partial charge in [0, 0.05) is 57.4 Å². The predicted octanol–water partition coefficient (Wildman–Crippen LogP) is 5.45. The highest BCUT2D eigenvalue weighted by molar-refractivity contribution is 5.79. The molecule has 574 valence electrons. The largest absolute Gasteiger partial charge is 0.391 e. The Balaban J connectivity index is 0.000000132. The first-order valence-electron chi connectivity index (χ1n) is 35.3. The summed E-state index contributed by atoms with van der Waals surface area (Å²) in [4.78, 5) is 130. The van der Waals surface area contributed by atoms with Gasteiger partial charge in [-0.3, -0.25) is 63.6 Å². The van der Waals surface area contributed by atoms with E-state index >= 15 is 0 Å². The number of aromatic amines is 7. The SMILES string of the molecule is C/C=C/c1ccccc1Cn1cnc2c(=O)[nH]c(N)nc21.CCC(C)(C)CCn1cnc2c(=O)[nH]c(N)nc21.CCC1CN(Cc2c[nH]c3c(=O)[nH]c(N)nc23)CC1O.C[C@@H](c1ccccc1F)C1CNc2c1nc(N)[nH]c2=O.Cc1ccccc1Cn1cnc2c(=O)[nH]c(N)nc21.Cn1cnc2c(=O)[nH]c(N)nc21. The van der Waals surface area contributed by atoms with E-state index in [0.29, 0.717) is 111 Å². The van der Waals surface area contributed by atoms with Crippen LogP contribution in [0.1, 0.15) is 112 Å². The van der Waals surface area contributed by atoms with Crippen LogP contribution in [0, 0.1) is 24.1 Å². The van der Waals surface area contributed by atoms with Gasteiger partial charge in [-0.05, 0) is 77.8 Å². The molecule has 4 atom stereocenters. The number of hydrogen-bond donors (Lipinski definition) is 15. The maximum absolute atomic E-state index is 13.9. The summed E-state index contributed by atoms with van der Waals surface area (Å²) in [6.45, 7) is 19.4. The highest BCUT2D eigenvalue weighted by atomic mass is 19.1. The fourth-order valence-corrected chi connectivity index (χ4v) is 12.8. The summed E-state index contributed by atoms with van der Waals surface area (Å²) >= 11 is 0. The second kappa shape index (κ2) is 33.6. The van der Waals surface area contributed by atoms with Gasteiger partial charge in [0.1, 0.15) is 22.5 Å². The summed E-state index contributed by atoms with van der Waals surface area (Å²) in [5.74, 6) is 0.539. The number of imidazole rings is 4. The van der Waals surface area contributed by atoms with Crippen LogP contribution >= 0.6 is 0 Å². The zero-order chi connectivity index (χ0) is 78.8. The van der Waals surface area contributed by atoms with E-state index in [2.05, 4.69) is 123 Å². The van der Waals surface area contributed by atoms with Crippen LogP contribution in [0.2, 0.25) is 0 Å². The minimum atomic E-state index is -0.321. The lowest BCUT2D eigenvalue weighted by Crippen LogP contribution is -2.21. The van der Waals surface area contributed by atoms with Gasteiger partial charge in [0.2, 0.25) is 35.7 Å². The first kappa shape index (κ1) is 77.6. The van der Waals surface area contributed by atoms with Crippen molar-refractivity contribution in [1.82, 2.24) is 108 Å². The summed E-state index contributed by atoms with van der Waals surface area (Å²) in [6, 6.07) is 22.8. The summed E-state index contributed by atoms with van der Waals surface area (Å²) in [5.41, 5.74) is 43.3. The molecule has 0 radical (unpaired) electrons. The summed E-state index contributed by atoms with van der Waals surface area (Å²) in [6.07, 6.45) is 15.0. The molecule has 2 aliphatic heterocycles. The molecule has 37 heteroatoms. The van der Waals surface area contributed by atoms with E-state index in [-0.39, 0.29) is 98.2 Å². The number of fused-ring (bicyclic) bond motifs is 6. The van der Waals surface area contributed by atoms with Gasteiger partial charge in [-0.15, -0.1) is 0 Å². The second-order valence-corrected chi connectivity index (χ2v) is 27.4. The number of likely N-dealkylation sites (tertiary alicyclic amines) is 1. The first-order chi connectivity index (χ1) is 52.6. The molecule has 0 amide bonds. The van der Waals surface area contributed by atoms with Gasteiger partial charge in [0.25, 0.3) is 33.4 Å². The third-order valence-corrected chi connectivity index (χ3v) is 19.2. The Morgan fingerprint density at radius 1 is 0.582 bits per heavy atom. The zero-order valence-electron chi connectivity index (χ0n) is 61.8. The quantitative estimate of drug-likeness (QED) is 0.0643. The number of halogens is 1. The lowest BCUT2D eigenvalue weighted by atomic mass is 9.86. The molecule has 0 aliphatic carbocycles. The number of anilines is 7. The fourth-order valence-electron chi connectivity index (χ4n) is 12.8. The lowest BCUT2D eigenvalue weighted by Gasteiger charge is -2.22. The van der Waals surface area contributed by atoms with Crippen molar-refractivity contribution in [3.8, 4) is 0 Å². The molecule has 11 aromatic heterocycles. The van der Waals surface area contributed by atoms with Crippen molar-refractivity contribution in [3.05, 3.63) is 217 Å². The van der Waals surface area contributed by atoms with Crippen LogP contribution in [0.5, 0.6) is 0 Å². The number of hydrogen-bond acceptors (Lipinski definition) is 25. The van der Waals surface area contributed by atoms with Gasteiger partial charge in [-0.1, -0.05) is 120 Å². The Bertz CT molecular complexity index is 6030. The Morgan fingerprint density at radius 3 is 1.65 bits per heavy atom. The third kappa shape index (κ3) is 17.8. The van der Waals surface area contributed by atoms with Crippen molar-refractivity contribution < 1.29 is 9.50 Å². The van der Waals surface area contributed by atoms with Crippen LogP contribution in [-0.2, 0) is 33.2 Å². The molecule has 36 nitrogen and oxygen atoms in total. The molecule has 21 N–H and O–H groups in total. The normalized spacial score (nSPS) is 14.9. The molecule has 2 aliphatic rings. The van der Waals surface area contributed by atoms with E-state index < -0.39 is 0 Å². The second-order valence-electron chi connectivity index (χ2n) is 27.4. The van der Waals surface area contributed by atoms with Gasteiger partial charge in [-0.25, -0.2) is 34.3 Å². The molecule has 3 unspecified atom stereocenters. The van der Waals surface area contributed by atoms with Crippen LogP contribution in [0.25, 0.3) is 61.8 Å². The fraction of sp³-hybridized carbons (Fsp3) is 0.315. The number of aryl methyl sites for hydroxylation is 3.